The number of nitrogens with zero attached hydrogens (tertiary/aromatic N) is 2. The molecular weight excluding hydrogens is 290 g/mol. The number of nitrogens with one attached hydrogen (secondary N) is 1. The highest BCUT2D eigenvalue weighted by atomic mass is 16.5. The first-order valence-electron chi connectivity index (χ1n) is 7.25. The van der Waals surface area contributed by atoms with Crippen LogP contribution in [-0.2, 0) is 0 Å². The van der Waals surface area contributed by atoms with E-state index in [4.69, 9.17) is 4.74 Å². The maximum absolute atomic E-state index is 12.3. The van der Waals surface area contributed by atoms with Crippen molar-refractivity contribution in [1.29, 1.82) is 0 Å². The van der Waals surface area contributed by atoms with Gasteiger partial charge in [-0.3, -0.25) is 4.79 Å². The summed E-state index contributed by atoms with van der Waals surface area (Å²) in [7, 11) is 1.62. The number of methoxy groups -OCH3 is 1. The van der Waals surface area contributed by atoms with Crippen LogP contribution >= 0.6 is 0 Å². The number of anilines is 1. The molecule has 0 saturated carbocycles. The molecule has 1 heterocycles. The number of rotatable bonds is 4. The van der Waals surface area contributed by atoms with E-state index in [1.807, 2.05) is 61.5 Å². The van der Waals surface area contributed by atoms with Gasteiger partial charge < -0.3 is 10.1 Å². The van der Waals surface area contributed by atoms with Crippen LogP contribution < -0.4 is 10.1 Å². The molecule has 3 rings (SSSR count). The van der Waals surface area contributed by atoms with Crippen LogP contribution in [0.15, 0.2) is 60.7 Å². The molecule has 0 bridgehead atoms. The van der Waals surface area contributed by atoms with Crippen LogP contribution in [0.4, 0.5) is 5.69 Å². The van der Waals surface area contributed by atoms with Crippen molar-refractivity contribution in [1.82, 2.24) is 9.78 Å². The third-order valence-electron chi connectivity index (χ3n) is 3.45. The summed E-state index contributed by atoms with van der Waals surface area (Å²) in [5, 5.41) is 7.23. The molecule has 1 aromatic heterocycles. The Morgan fingerprint density at radius 3 is 2.61 bits per heavy atom. The maximum atomic E-state index is 12.3. The molecule has 0 saturated heterocycles. The summed E-state index contributed by atoms with van der Waals surface area (Å²) in [4.78, 5) is 12.3. The van der Waals surface area contributed by atoms with Gasteiger partial charge in [0.15, 0.2) is 5.69 Å². The third-order valence-corrected chi connectivity index (χ3v) is 3.45. The fourth-order valence-corrected chi connectivity index (χ4v) is 2.31. The van der Waals surface area contributed by atoms with Crippen LogP contribution in [0.25, 0.3) is 5.69 Å². The van der Waals surface area contributed by atoms with Crippen LogP contribution in [0, 0.1) is 6.92 Å². The average molecular weight is 307 g/mol. The molecule has 116 valence electrons. The highest BCUT2D eigenvalue weighted by Gasteiger charge is 2.13. The van der Waals surface area contributed by atoms with E-state index in [1.54, 1.807) is 17.9 Å². The molecule has 0 aliphatic rings. The highest BCUT2D eigenvalue weighted by molar-refractivity contribution is 6.02. The molecule has 5 nitrogen and oxygen atoms in total. The summed E-state index contributed by atoms with van der Waals surface area (Å²) in [5.41, 5.74) is 2.83. The largest absolute Gasteiger partial charge is 0.497 e. The van der Waals surface area contributed by atoms with Gasteiger partial charge in [-0.25, -0.2) is 4.68 Å². The molecule has 0 unspecified atom stereocenters. The smallest absolute Gasteiger partial charge is 0.276 e. The lowest BCUT2D eigenvalue weighted by Crippen LogP contribution is -2.13. The Morgan fingerprint density at radius 2 is 1.87 bits per heavy atom. The number of aryl methyl sites for hydroxylation is 1. The minimum atomic E-state index is -0.235. The minimum Gasteiger partial charge on any atom is -0.497 e. The average Bonchev–Trinajstić information content (AvgIpc) is 2.98. The summed E-state index contributed by atoms with van der Waals surface area (Å²) in [5.74, 6) is 0.508. The first-order valence-corrected chi connectivity index (χ1v) is 7.25. The predicted octanol–water partition coefficient (Wildman–Crippen LogP) is 3.44. The van der Waals surface area contributed by atoms with Crippen LogP contribution in [-0.4, -0.2) is 22.8 Å². The standard InChI is InChI=1S/C18H17N3O2/c1-13-11-17(18(22)19-14-7-4-3-5-8-14)20-21(13)15-9-6-10-16(12-15)23-2/h3-12H,1-2H3,(H,19,22). The molecular formula is C18H17N3O2. The van der Waals surface area contributed by atoms with Gasteiger partial charge in [-0.1, -0.05) is 24.3 Å². The molecule has 0 fully saturated rings. The van der Waals surface area contributed by atoms with Gasteiger partial charge in [0, 0.05) is 17.4 Å². The Bertz CT molecular complexity index is 825. The Kier molecular flexibility index (Phi) is 4.10. The number of hydrogen-bond acceptors (Lipinski definition) is 3. The van der Waals surface area contributed by atoms with E-state index in [9.17, 15) is 4.79 Å². The van der Waals surface area contributed by atoms with Crippen LogP contribution in [0.3, 0.4) is 0 Å². The van der Waals surface area contributed by atoms with Crippen LogP contribution in [0.5, 0.6) is 5.75 Å². The molecule has 0 atom stereocenters. The molecule has 1 amide bonds. The second-order valence-corrected chi connectivity index (χ2v) is 5.10. The molecule has 0 radical (unpaired) electrons. The monoisotopic (exact) mass is 307 g/mol. The molecule has 0 aliphatic heterocycles. The van der Waals surface area contributed by atoms with Crippen molar-refractivity contribution in [2.75, 3.05) is 12.4 Å². The van der Waals surface area contributed by atoms with E-state index in [0.717, 1.165) is 22.8 Å². The number of carbonyl (C=O) groups is 1. The van der Waals surface area contributed by atoms with Crippen molar-refractivity contribution in [3.63, 3.8) is 0 Å². The number of para-hydroxylation sites is 1. The molecule has 5 heteroatoms. The van der Waals surface area contributed by atoms with Crippen molar-refractivity contribution in [2.24, 2.45) is 0 Å². The second-order valence-electron chi connectivity index (χ2n) is 5.10. The zero-order chi connectivity index (χ0) is 16.2. The number of aromatic nitrogens is 2. The Hall–Kier alpha value is -3.08. The van der Waals surface area contributed by atoms with Crippen molar-refractivity contribution in [3.8, 4) is 11.4 Å². The van der Waals surface area contributed by atoms with E-state index >= 15 is 0 Å². The van der Waals surface area contributed by atoms with Crippen LogP contribution in [0.1, 0.15) is 16.2 Å². The molecule has 0 aliphatic carbocycles. The van der Waals surface area contributed by atoms with Gasteiger partial charge in [0.1, 0.15) is 5.75 Å². The summed E-state index contributed by atoms with van der Waals surface area (Å²) in [6.07, 6.45) is 0. The van der Waals surface area contributed by atoms with Crippen molar-refractivity contribution >= 4 is 11.6 Å². The van der Waals surface area contributed by atoms with E-state index in [2.05, 4.69) is 10.4 Å². The summed E-state index contributed by atoms with van der Waals surface area (Å²) in [6.45, 7) is 1.91. The highest BCUT2D eigenvalue weighted by Crippen LogP contribution is 2.18. The van der Waals surface area contributed by atoms with Gasteiger partial charge >= 0.3 is 0 Å². The molecule has 23 heavy (non-hydrogen) atoms. The number of carbonyl (C=O) groups excluding carboxylic acids is 1. The lowest BCUT2D eigenvalue weighted by atomic mass is 10.3. The van der Waals surface area contributed by atoms with Gasteiger partial charge in [0.2, 0.25) is 0 Å². The second kappa shape index (κ2) is 6.36. The first kappa shape index (κ1) is 14.8. The van der Waals surface area contributed by atoms with Crippen molar-refractivity contribution in [2.45, 2.75) is 6.92 Å². The fourth-order valence-electron chi connectivity index (χ4n) is 2.31. The molecule has 1 N–H and O–H groups in total. The van der Waals surface area contributed by atoms with Crippen LogP contribution in [0.2, 0.25) is 0 Å². The maximum Gasteiger partial charge on any atom is 0.276 e. The van der Waals surface area contributed by atoms with Gasteiger partial charge in [0.05, 0.1) is 12.8 Å². The van der Waals surface area contributed by atoms with E-state index in [1.165, 1.54) is 0 Å². The SMILES string of the molecule is COc1cccc(-n2nc(C(=O)Nc3ccccc3)cc2C)c1. The van der Waals surface area contributed by atoms with Gasteiger partial charge in [-0.2, -0.15) is 5.10 Å². The quantitative estimate of drug-likeness (QED) is 0.803. The summed E-state index contributed by atoms with van der Waals surface area (Å²) < 4.78 is 6.95. The summed E-state index contributed by atoms with van der Waals surface area (Å²) in [6, 6.07) is 18.6. The Balaban J connectivity index is 1.87. The fraction of sp³-hybridized carbons (Fsp3) is 0.111. The molecule has 0 spiro atoms. The number of amides is 1. The molecule has 3 aromatic rings. The van der Waals surface area contributed by atoms with Gasteiger partial charge in [-0.15, -0.1) is 0 Å². The van der Waals surface area contributed by atoms with Gasteiger partial charge in [-0.05, 0) is 37.3 Å². The number of hydrogen-bond donors (Lipinski definition) is 1. The van der Waals surface area contributed by atoms with Gasteiger partial charge in [0.25, 0.3) is 5.91 Å². The minimum absolute atomic E-state index is 0.235. The lowest BCUT2D eigenvalue weighted by Gasteiger charge is -2.06. The Labute approximate surface area is 134 Å². The van der Waals surface area contributed by atoms with E-state index in [-0.39, 0.29) is 5.91 Å². The van der Waals surface area contributed by atoms with Crippen molar-refractivity contribution in [3.05, 3.63) is 72.1 Å². The Morgan fingerprint density at radius 1 is 1.09 bits per heavy atom. The zero-order valence-electron chi connectivity index (χ0n) is 13.0. The van der Waals surface area contributed by atoms with E-state index < -0.39 is 0 Å². The first-order chi connectivity index (χ1) is 11.2. The zero-order valence-corrected chi connectivity index (χ0v) is 13.0. The number of benzene rings is 2. The summed E-state index contributed by atoms with van der Waals surface area (Å²) >= 11 is 0. The van der Waals surface area contributed by atoms with E-state index in [0.29, 0.717) is 5.69 Å². The topological polar surface area (TPSA) is 56.2 Å². The normalized spacial score (nSPS) is 10.3. The lowest BCUT2D eigenvalue weighted by molar-refractivity contribution is 0.102. The predicted molar refractivity (Wildman–Crippen MR) is 89.2 cm³/mol. The van der Waals surface area contributed by atoms with Crippen molar-refractivity contribution < 1.29 is 9.53 Å². The number of ether oxygens (including phenoxy) is 1. The third kappa shape index (κ3) is 3.23. The molecule has 2 aromatic carbocycles.